The Hall–Kier alpha value is -3.81. The molecule has 8 nitrogen and oxygen atoms in total. The average molecular weight is 387 g/mol. The fourth-order valence-corrected chi connectivity index (χ4v) is 3.01. The Bertz CT molecular complexity index is 1150. The summed E-state index contributed by atoms with van der Waals surface area (Å²) in [6.07, 6.45) is 5.20. The van der Waals surface area contributed by atoms with E-state index in [0.717, 1.165) is 33.8 Å². The Labute approximate surface area is 168 Å². The molecule has 0 saturated heterocycles. The van der Waals surface area contributed by atoms with Crippen LogP contribution in [0.2, 0.25) is 0 Å². The first-order chi connectivity index (χ1) is 14.0. The van der Waals surface area contributed by atoms with Gasteiger partial charge in [-0.25, -0.2) is 9.97 Å². The summed E-state index contributed by atoms with van der Waals surface area (Å²) in [5.41, 5.74) is 4.37. The molecule has 1 amide bonds. The van der Waals surface area contributed by atoms with Crippen molar-refractivity contribution in [3.8, 4) is 11.4 Å². The molecule has 1 aromatic carbocycles. The van der Waals surface area contributed by atoms with Gasteiger partial charge in [0.15, 0.2) is 5.65 Å². The molecule has 0 bridgehead atoms. The number of carbonyl (C=O) groups is 1. The summed E-state index contributed by atoms with van der Waals surface area (Å²) >= 11 is 0. The highest BCUT2D eigenvalue weighted by molar-refractivity contribution is 5.77. The minimum absolute atomic E-state index is 0.0382. The lowest BCUT2D eigenvalue weighted by molar-refractivity contribution is -0.128. The number of carbonyl (C=O) groups excluding carboxylic acids is 1. The van der Waals surface area contributed by atoms with Crippen LogP contribution in [0.1, 0.15) is 12.5 Å². The molecule has 0 aliphatic carbocycles. The van der Waals surface area contributed by atoms with E-state index in [1.165, 1.54) is 0 Å². The van der Waals surface area contributed by atoms with Gasteiger partial charge in [-0.3, -0.25) is 9.78 Å². The summed E-state index contributed by atoms with van der Waals surface area (Å²) in [5, 5.41) is 3.22. The third-order valence-corrected chi connectivity index (χ3v) is 4.72. The molecule has 1 N–H and O–H groups in total. The van der Waals surface area contributed by atoms with E-state index in [0.29, 0.717) is 12.5 Å². The third kappa shape index (κ3) is 3.91. The predicted molar refractivity (Wildman–Crippen MR) is 111 cm³/mol. The van der Waals surface area contributed by atoms with Crippen molar-refractivity contribution >= 4 is 28.7 Å². The van der Waals surface area contributed by atoms with Gasteiger partial charge in [0.2, 0.25) is 11.9 Å². The van der Waals surface area contributed by atoms with Crippen molar-refractivity contribution in [3.63, 3.8) is 0 Å². The van der Waals surface area contributed by atoms with Gasteiger partial charge >= 0.3 is 0 Å². The normalized spacial score (nSPS) is 10.9. The Morgan fingerprint density at radius 2 is 1.83 bits per heavy atom. The molecule has 0 unspecified atom stereocenters. The van der Waals surface area contributed by atoms with Gasteiger partial charge < -0.3 is 14.8 Å². The minimum atomic E-state index is 0.0382. The smallest absolute Gasteiger partial charge is 0.229 e. The van der Waals surface area contributed by atoms with Crippen LogP contribution in [0.15, 0.2) is 55.0 Å². The van der Waals surface area contributed by atoms with Gasteiger partial charge in [-0.05, 0) is 29.8 Å². The minimum Gasteiger partial charge on any atom is -0.342 e. The molecule has 4 aromatic rings. The van der Waals surface area contributed by atoms with E-state index in [1.54, 1.807) is 37.5 Å². The van der Waals surface area contributed by atoms with Crippen LogP contribution in [-0.2, 0) is 18.4 Å². The number of anilines is 2. The molecule has 0 aliphatic rings. The number of benzene rings is 1. The number of nitrogens with one attached hydrogen (secondary N) is 1. The van der Waals surface area contributed by atoms with Crippen LogP contribution in [0.4, 0.5) is 11.6 Å². The first kappa shape index (κ1) is 18.5. The maximum absolute atomic E-state index is 11.4. The highest BCUT2D eigenvalue weighted by Gasteiger charge is 2.12. The second-order valence-corrected chi connectivity index (χ2v) is 6.83. The topological polar surface area (TPSA) is 88.8 Å². The summed E-state index contributed by atoms with van der Waals surface area (Å²) in [4.78, 5) is 30.7. The van der Waals surface area contributed by atoms with E-state index in [2.05, 4.69) is 25.3 Å². The molecule has 0 saturated carbocycles. The van der Waals surface area contributed by atoms with E-state index >= 15 is 0 Å². The number of hydrogen-bond donors (Lipinski definition) is 1. The van der Waals surface area contributed by atoms with E-state index < -0.39 is 0 Å². The number of pyridine rings is 1. The molecule has 3 heterocycles. The van der Waals surface area contributed by atoms with E-state index in [1.807, 2.05) is 48.0 Å². The monoisotopic (exact) mass is 387 g/mol. The molecule has 4 rings (SSSR count). The highest BCUT2D eigenvalue weighted by atomic mass is 16.2. The van der Waals surface area contributed by atoms with Crippen molar-refractivity contribution in [2.75, 3.05) is 12.4 Å². The maximum Gasteiger partial charge on any atom is 0.229 e. The van der Waals surface area contributed by atoms with Crippen molar-refractivity contribution in [2.24, 2.45) is 7.05 Å². The molecule has 146 valence electrons. The van der Waals surface area contributed by atoms with Crippen molar-refractivity contribution in [2.45, 2.75) is 13.5 Å². The van der Waals surface area contributed by atoms with Gasteiger partial charge in [0.1, 0.15) is 11.3 Å². The molecule has 3 aromatic heterocycles. The Morgan fingerprint density at radius 3 is 2.52 bits per heavy atom. The first-order valence-corrected chi connectivity index (χ1v) is 9.19. The van der Waals surface area contributed by atoms with E-state index in [9.17, 15) is 4.79 Å². The molecule has 0 atom stereocenters. The summed E-state index contributed by atoms with van der Waals surface area (Å²) in [6.45, 7) is 2.13. The lowest BCUT2D eigenvalue weighted by atomic mass is 10.2. The van der Waals surface area contributed by atoms with Gasteiger partial charge in [0.05, 0.1) is 6.20 Å². The van der Waals surface area contributed by atoms with Crippen LogP contribution in [0.25, 0.3) is 22.6 Å². The molecule has 0 fully saturated rings. The number of aromatic nitrogens is 5. The fraction of sp³-hybridized carbons (Fsp3) is 0.190. The molecule has 8 heteroatoms. The summed E-state index contributed by atoms with van der Waals surface area (Å²) < 4.78 is 1.94. The van der Waals surface area contributed by atoms with Crippen LogP contribution >= 0.6 is 0 Å². The molecular weight excluding hydrogens is 366 g/mol. The Balaban J connectivity index is 1.56. The first-order valence-electron chi connectivity index (χ1n) is 9.19. The second-order valence-electron chi connectivity index (χ2n) is 6.83. The number of imidazole rings is 1. The fourth-order valence-electron chi connectivity index (χ4n) is 3.01. The zero-order valence-corrected chi connectivity index (χ0v) is 16.5. The van der Waals surface area contributed by atoms with Crippen LogP contribution < -0.4 is 5.32 Å². The number of rotatable bonds is 5. The molecular formula is C21H21N7O. The van der Waals surface area contributed by atoms with Crippen LogP contribution in [0.5, 0.6) is 0 Å². The van der Waals surface area contributed by atoms with Gasteiger partial charge in [0, 0.05) is 51.2 Å². The maximum atomic E-state index is 11.4. The van der Waals surface area contributed by atoms with E-state index in [4.69, 9.17) is 0 Å². The quantitative estimate of drug-likeness (QED) is 0.566. The number of fused-ring (bicyclic) bond motifs is 1. The lowest BCUT2D eigenvalue weighted by Crippen LogP contribution is -2.22. The Kier molecular flexibility index (Phi) is 4.90. The number of nitrogens with zero attached hydrogens (tertiary/aromatic N) is 6. The van der Waals surface area contributed by atoms with Crippen molar-refractivity contribution in [3.05, 3.63) is 60.6 Å². The van der Waals surface area contributed by atoms with Crippen molar-refractivity contribution < 1.29 is 4.79 Å². The second kappa shape index (κ2) is 7.67. The zero-order valence-electron chi connectivity index (χ0n) is 16.5. The summed E-state index contributed by atoms with van der Waals surface area (Å²) in [7, 11) is 3.72. The average Bonchev–Trinajstić information content (AvgIpc) is 3.06. The molecule has 0 spiro atoms. The largest absolute Gasteiger partial charge is 0.342 e. The predicted octanol–water partition coefficient (Wildman–Crippen LogP) is 3.15. The van der Waals surface area contributed by atoms with Crippen LogP contribution in [0, 0.1) is 0 Å². The summed E-state index contributed by atoms with van der Waals surface area (Å²) in [5.74, 6) is 1.35. The third-order valence-electron chi connectivity index (χ3n) is 4.72. The van der Waals surface area contributed by atoms with Crippen LogP contribution in [-0.4, -0.2) is 42.4 Å². The van der Waals surface area contributed by atoms with Gasteiger partial charge in [0.25, 0.3) is 0 Å². The molecule has 0 radical (unpaired) electrons. The van der Waals surface area contributed by atoms with Crippen LogP contribution in [0.3, 0.4) is 0 Å². The number of aryl methyl sites for hydroxylation is 1. The van der Waals surface area contributed by atoms with Gasteiger partial charge in [-0.2, -0.15) is 4.98 Å². The lowest BCUT2D eigenvalue weighted by Gasteiger charge is -2.15. The molecule has 0 aliphatic heterocycles. The number of amides is 1. The standard InChI is InChI=1S/C21H21N7O/c1-14(29)27(2)13-15-4-6-17(7-5-15)24-21-23-12-18-20(26-21)28(3)19(25-18)16-8-10-22-11-9-16/h4-12H,13H2,1-3H3,(H,23,24,26). The van der Waals surface area contributed by atoms with E-state index in [-0.39, 0.29) is 5.91 Å². The highest BCUT2D eigenvalue weighted by Crippen LogP contribution is 2.23. The van der Waals surface area contributed by atoms with Gasteiger partial charge in [-0.1, -0.05) is 12.1 Å². The summed E-state index contributed by atoms with van der Waals surface area (Å²) in [6, 6.07) is 11.7. The SMILES string of the molecule is CC(=O)N(C)Cc1ccc(Nc2ncc3nc(-c4ccncc4)n(C)c3n2)cc1. The molecule has 29 heavy (non-hydrogen) atoms. The number of hydrogen-bond acceptors (Lipinski definition) is 6. The zero-order chi connectivity index (χ0) is 20.4. The van der Waals surface area contributed by atoms with Crippen molar-refractivity contribution in [1.82, 2.24) is 29.4 Å². The Morgan fingerprint density at radius 1 is 1.10 bits per heavy atom. The van der Waals surface area contributed by atoms with Crippen molar-refractivity contribution in [1.29, 1.82) is 0 Å². The van der Waals surface area contributed by atoms with Gasteiger partial charge in [-0.15, -0.1) is 0 Å².